The van der Waals surface area contributed by atoms with Crippen molar-refractivity contribution < 1.29 is 20.1 Å². The molecule has 0 radical (unpaired) electrons. The SMILES string of the molecule is O=C(O)c1cc(O)c(O)c(-c2cccc3cc4ccc5cc6cc7ccccc7cc6cc5c4cc23)c1. The fourth-order valence-corrected chi connectivity index (χ4v) is 5.46. The minimum atomic E-state index is -1.17. The van der Waals surface area contributed by atoms with Gasteiger partial charge in [-0.3, -0.25) is 0 Å². The average molecular weight is 481 g/mol. The highest BCUT2D eigenvalue weighted by molar-refractivity contribution is 6.17. The van der Waals surface area contributed by atoms with Crippen molar-refractivity contribution in [3.05, 3.63) is 109 Å². The summed E-state index contributed by atoms with van der Waals surface area (Å²) in [6.45, 7) is 0. The lowest BCUT2D eigenvalue weighted by Crippen LogP contribution is -1.97. The molecule has 0 aliphatic carbocycles. The molecule has 4 nitrogen and oxygen atoms in total. The Kier molecular flexibility index (Phi) is 4.42. The Labute approximate surface area is 211 Å². The number of carboxylic acid groups (broad SMARTS) is 1. The third-order valence-electron chi connectivity index (χ3n) is 7.28. The number of phenols is 2. The van der Waals surface area contributed by atoms with Crippen LogP contribution in [-0.4, -0.2) is 21.3 Å². The van der Waals surface area contributed by atoms with E-state index in [-0.39, 0.29) is 16.9 Å². The van der Waals surface area contributed by atoms with Crippen molar-refractivity contribution in [3.8, 4) is 22.6 Å². The zero-order chi connectivity index (χ0) is 25.3. The summed E-state index contributed by atoms with van der Waals surface area (Å²) in [7, 11) is 0. The van der Waals surface area contributed by atoms with Crippen LogP contribution in [0, 0.1) is 0 Å². The molecule has 0 atom stereocenters. The number of hydrogen-bond acceptors (Lipinski definition) is 3. The molecule has 0 aliphatic rings. The molecule has 0 saturated carbocycles. The molecular formula is C33H20O4. The van der Waals surface area contributed by atoms with Gasteiger partial charge in [0.1, 0.15) is 0 Å². The summed E-state index contributed by atoms with van der Waals surface area (Å²) in [6, 6.07) is 33.8. The maximum atomic E-state index is 11.6. The molecule has 0 fully saturated rings. The van der Waals surface area contributed by atoms with Crippen LogP contribution >= 0.6 is 0 Å². The summed E-state index contributed by atoms with van der Waals surface area (Å²) in [5.74, 6) is -1.97. The minimum absolute atomic E-state index is 0.0905. The van der Waals surface area contributed by atoms with Gasteiger partial charge in [-0.05, 0) is 108 Å². The Morgan fingerprint density at radius 3 is 1.76 bits per heavy atom. The molecule has 37 heavy (non-hydrogen) atoms. The van der Waals surface area contributed by atoms with Crippen molar-refractivity contribution >= 4 is 59.8 Å². The Bertz CT molecular complexity index is 2090. The Morgan fingerprint density at radius 2 is 1.05 bits per heavy atom. The van der Waals surface area contributed by atoms with Gasteiger partial charge in [0.15, 0.2) is 11.5 Å². The lowest BCUT2D eigenvalue weighted by molar-refractivity contribution is 0.0696. The minimum Gasteiger partial charge on any atom is -0.504 e. The van der Waals surface area contributed by atoms with Gasteiger partial charge in [-0.1, -0.05) is 54.6 Å². The summed E-state index contributed by atoms with van der Waals surface area (Å²) in [5, 5.41) is 41.3. The quantitative estimate of drug-likeness (QED) is 0.132. The second-order valence-corrected chi connectivity index (χ2v) is 9.48. The molecule has 0 heterocycles. The van der Waals surface area contributed by atoms with Gasteiger partial charge in [-0.15, -0.1) is 0 Å². The Balaban J connectivity index is 1.55. The fraction of sp³-hybridized carbons (Fsp3) is 0. The van der Waals surface area contributed by atoms with E-state index in [1.54, 1.807) is 0 Å². The van der Waals surface area contributed by atoms with Crippen LogP contribution in [0.4, 0.5) is 0 Å². The third kappa shape index (κ3) is 3.27. The van der Waals surface area contributed by atoms with E-state index in [2.05, 4.69) is 66.7 Å². The second kappa shape index (κ2) is 7.70. The Hall–Kier alpha value is -5.09. The first-order chi connectivity index (χ1) is 18.0. The molecule has 7 rings (SSSR count). The van der Waals surface area contributed by atoms with Gasteiger partial charge in [-0.25, -0.2) is 4.79 Å². The lowest BCUT2D eigenvalue weighted by Gasteiger charge is -2.13. The van der Waals surface area contributed by atoms with Crippen LogP contribution in [0.1, 0.15) is 10.4 Å². The maximum Gasteiger partial charge on any atom is 0.335 e. The molecule has 176 valence electrons. The van der Waals surface area contributed by atoms with E-state index in [1.807, 2.05) is 24.3 Å². The van der Waals surface area contributed by atoms with Crippen LogP contribution in [0.25, 0.3) is 65.0 Å². The Morgan fingerprint density at radius 1 is 0.486 bits per heavy atom. The number of fused-ring (bicyclic) bond motifs is 6. The van der Waals surface area contributed by atoms with Crippen molar-refractivity contribution in [1.29, 1.82) is 0 Å². The highest BCUT2D eigenvalue weighted by Gasteiger charge is 2.17. The number of carboxylic acids is 1. The normalized spacial score (nSPS) is 11.7. The zero-order valence-electron chi connectivity index (χ0n) is 19.6. The molecule has 0 bridgehead atoms. The van der Waals surface area contributed by atoms with Crippen molar-refractivity contribution in [2.75, 3.05) is 0 Å². The van der Waals surface area contributed by atoms with E-state index in [0.717, 1.165) is 43.8 Å². The van der Waals surface area contributed by atoms with Crippen LogP contribution in [0.2, 0.25) is 0 Å². The second-order valence-electron chi connectivity index (χ2n) is 9.48. The van der Waals surface area contributed by atoms with Gasteiger partial charge >= 0.3 is 5.97 Å². The van der Waals surface area contributed by atoms with Crippen LogP contribution in [0.3, 0.4) is 0 Å². The van der Waals surface area contributed by atoms with Crippen molar-refractivity contribution in [3.63, 3.8) is 0 Å². The topological polar surface area (TPSA) is 77.8 Å². The van der Waals surface area contributed by atoms with Crippen molar-refractivity contribution in [2.24, 2.45) is 0 Å². The van der Waals surface area contributed by atoms with Gasteiger partial charge < -0.3 is 15.3 Å². The number of rotatable bonds is 2. The van der Waals surface area contributed by atoms with E-state index >= 15 is 0 Å². The summed E-state index contributed by atoms with van der Waals surface area (Å²) in [5.41, 5.74) is 0.839. The predicted octanol–water partition coefficient (Wildman–Crippen LogP) is 8.23. The van der Waals surface area contributed by atoms with E-state index in [1.165, 1.54) is 22.2 Å². The summed E-state index contributed by atoms with van der Waals surface area (Å²) in [4.78, 5) is 11.6. The molecule has 0 amide bonds. The van der Waals surface area contributed by atoms with E-state index in [9.17, 15) is 20.1 Å². The number of phenolic OH excluding ortho intramolecular Hbond substituents is 2. The van der Waals surface area contributed by atoms with Crippen molar-refractivity contribution in [1.82, 2.24) is 0 Å². The number of carbonyl (C=O) groups is 1. The summed E-state index contributed by atoms with van der Waals surface area (Å²) in [6.07, 6.45) is 0. The third-order valence-corrected chi connectivity index (χ3v) is 7.28. The molecule has 0 spiro atoms. The fourth-order valence-electron chi connectivity index (χ4n) is 5.46. The van der Waals surface area contributed by atoms with Crippen LogP contribution < -0.4 is 0 Å². The standard InChI is InChI=1S/C33H20O4/c34-31-16-25(33(36)37)15-30(32(31)35)26-7-3-6-20-12-21-8-9-22-13-23-10-18-4-1-2-5-19(18)11-24(23)14-27(22)29(21)17-28(20)26/h1-17,34-35H,(H,36,37). The average Bonchev–Trinajstić information content (AvgIpc) is 2.90. The largest absolute Gasteiger partial charge is 0.504 e. The highest BCUT2D eigenvalue weighted by Crippen LogP contribution is 2.42. The van der Waals surface area contributed by atoms with Crippen LogP contribution in [0.5, 0.6) is 11.5 Å². The van der Waals surface area contributed by atoms with Crippen LogP contribution in [0.15, 0.2) is 103 Å². The lowest BCUT2D eigenvalue weighted by atomic mass is 9.91. The zero-order valence-corrected chi connectivity index (χ0v) is 19.6. The highest BCUT2D eigenvalue weighted by atomic mass is 16.4. The van der Waals surface area contributed by atoms with E-state index < -0.39 is 11.7 Å². The monoisotopic (exact) mass is 480 g/mol. The summed E-state index contributed by atoms with van der Waals surface area (Å²) < 4.78 is 0. The van der Waals surface area contributed by atoms with E-state index in [4.69, 9.17) is 0 Å². The van der Waals surface area contributed by atoms with Gasteiger partial charge in [0.05, 0.1) is 5.56 Å². The van der Waals surface area contributed by atoms with Crippen molar-refractivity contribution in [2.45, 2.75) is 0 Å². The molecule has 7 aromatic carbocycles. The molecule has 4 heteroatoms. The van der Waals surface area contributed by atoms with Gasteiger partial charge in [0, 0.05) is 5.56 Å². The number of aromatic carboxylic acids is 1. The maximum absolute atomic E-state index is 11.6. The molecule has 3 N–H and O–H groups in total. The predicted molar refractivity (Wildman–Crippen MR) is 150 cm³/mol. The molecule has 7 aromatic rings. The smallest absolute Gasteiger partial charge is 0.335 e. The first kappa shape index (κ1) is 21.2. The number of benzene rings is 7. The molecule has 0 aromatic heterocycles. The van der Waals surface area contributed by atoms with Gasteiger partial charge in [0.25, 0.3) is 0 Å². The van der Waals surface area contributed by atoms with Gasteiger partial charge in [0.2, 0.25) is 0 Å². The van der Waals surface area contributed by atoms with Crippen LogP contribution in [-0.2, 0) is 0 Å². The molecule has 0 unspecified atom stereocenters. The number of hydrogen-bond donors (Lipinski definition) is 3. The summed E-state index contributed by atoms with van der Waals surface area (Å²) >= 11 is 0. The van der Waals surface area contributed by atoms with Gasteiger partial charge in [-0.2, -0.15) is 0 Å². The molecular weight excluding hydrogens is 460 g/mol. The first-order valence-corrected chi connectivity index (χ1v) is 12.0. The first-order valence-electron chi connectivity index (χ1n) is 12.0. The number of aromatic hydroxyl groups is 2. The molecule has 0 aliphatic heterocycles. The van der Waals surface area contributed by atoms with E-state index in [0.29, 0.717) is 5.56 Å². The molecule has 0 saturated heterocycles.